The van der Waals surface area contributed by atoms with E-state index in [1.807, 2.05) is 13.8 Å². The van der Waals surface area contributed by atoms with Crippen molar-refractivity contribution in [3.05, 3.63) is 29.8 Å². The first kappa shape index (κ1) is 13.6. The van der Waals surface area contributed by atoms with E-state index < -0.39 is 5.82 Å². The summed E-state index contributed by atoms with van der Waals surface area (Å²) < 4.78 is 13.0. The second-order valence-electron chi connectivity index (χ2n) is 4.08. The summed E-state index contributed by atoms with van der Waals surface area (Å²) in [4.78, 5) is 17.4. The Morgan fingerprint density at radius 1 is 1.59 bits per heavy atom. The molecule has 94 valence electrons. The monoisotopic (exact) mass is 239 g/mol. The Hall–Kier alpha value is -1.49. The van der Waals surface area contributed by atoms with Crippen molar-refractivity contribution >= 4 is 5.91 Å². The van der Waals surface area contributed by atoms with Crippen molar-refractivity contribution in [3.8, 4) is 0 Å². The third kappa shape index (κ3) is 3.78. The van der Waals surface area contributed by atoms with Gasteiger partial charge in [-0.15, -0.1) is 0 Å². The van der Waals surface area contributed by atoms with Crippen LogP contribution in [0.15, 0.2) is 18.5 Å². The lowest BCUT2D eigenvalue weighted by Crippen LogP contribution is -2.36. The quantitative estimate of drug-likeness (QED) is 0.842. The average Bonchev–Trinajstić information content (AvgIpc) is 2.34. The van der Waals surface area contributed by atoms with E-state index in [-0.39, 0.29) is 17.4 Å². The van der Waals surface area contributed by atoms with E-state index in [0.717, 1.165) is 6.20 Å². The number of amides is 1. The number of halogens is 1. The molecule has 0 saturated carbocycles. The molecule has 0 fully saturated rings. The van der Waals surface area contributed by atoms with E-state index in [2.05, 4.69) is 4.98 Å². The smallest absolute Gasteiger partial charge is 0.255 e. The van der Waals surface area contributed by atoms with Gasteiger partial charge in [0.15, 0.2) is 0 Å². The van der Waals surface area contributed by atoms with Crippen molar-refractivity contribution in [1.29, 1.82) is 0 Å². The highest BCUT2D eigenvalue weighted by Crippen LogP contribution is 2.07. The minimum Gasteiger partial charge on any atom is -0.339 e. The van der Waals surface area contributed by atoms with E-state index in [1.54, 1.807) is 4.90 Å². The van der Waals surface area contributed by atoms with Crippen molar-refractivity contribution in [3.63, 3.8) is 0 Å². The Balaban J connectivity index is 2.79. The molecule has 1 atom stereocenters. The van der Waals surface area contributed by atoms with Crippen LogP contribution in [0.3, 0.4) is 0 Å². The lowest BCUT2D eigenvalue weighted by molar-refractivity contribution is 0.0743. The molecule has 5 heteroatoms. The van der Waals surface area contributed by atoms with Crippen LogP contribution in [0.1, 0.15) is 24.2 Å². The van der Waals surface area contributed by atoms with Crippen LogP contribution in [0.2, 0.25) is 0 Å². The van der Waals surface area contributed by atoms with Gasteiger partial charge in [-0.25, -0.2) is 4.39 Å². The Labute approximate surface area is 101 Å². The van der Waals surface area contributed by atoms with E-state index in [0.29, 0.717) is 19.6 Å². The summed E-state index contributed by atoms with van der Waals surface area (Å²) in [6, 6.07) is 1.20. The lowest BCUT2D eigenvalue weighted by atomic mass is 10.1. The largest absolute Gasteiger partial charge is 0.339 e. The first-order valence-electron chi connectivity index (χ1n) is 5.68. The van der Waals surface area contributed by atoms with E-state index in [4.69, 9.17) is 5.73 Å². The first-order valence-corrected chi connectivity index (χ1v) is 5.68. The van der Waals surface area contributed by atoms with Crippen molar-refractivity contribution in [2.24, 2.45) is 11.7 Å². The Morgan fingerprint density at radius 2 is 2.29 bits per heavy atom. The zero-order chi connectivity index (χ0) is 12.8. The number of nitrogens with zero attached hydrogens (tertiary/aromatic N) is 2. The molecule has 1 aromatic heterocycles. The van der Waals surface area contributed by atoms with Gasteiger partial charge in [-0.05, 0) is 25.5 Å². The molecule has 17 heavy (non-hydrogen) atoms. The van der Waals surface area contributed by atoms with Gasteiger partial charge in [-0.3, -0.25) is 9.78 Å². The summed E-state index contributed by atoms with van der Waals surface area (Å²) in [7, 11) is 0. The topological polar surface area (TPSA) is 59.2 Å². The van der Waals surface area contributed by atoms with Crippen LogP contribution in [0, 0.1) is 11.7 Å². The molecule has 1 rings (SSSR count). The van der Waals surface area contributed by atoms with Gasteiger partial charge in [0.05, 0.1) is 11.8 Å². The molecule has 0 bridgehead atoms. The van der Waals surface area contributed by atoms with Crippen molar-refractivity contribution in [2.75, 3.05) is 19.6 Å². The van der Waals surface area contributed by atoms with Gasteiger partial charge in [-0.2, -0.15) is 0 Å². The number of rotatable bonds is 5. The fraction of sp³-hybridized carbons (Fsp3) is 0.500. The average molecular weight is 239 g/mol. The molecule has 0 aromatic carbocycles. The van der Waals surface area contributed by atoms with Gasteiger partial charge in [-0.1, -0.05) is 6.92 Å². The molecule has 0 aliphatic heterocycles. The normalized spacial score (nSPS) is 12.2. The Bertz CT molecular complexity index is 384. The maximum Gasteiger partial charge on any atom is 0.255 e. The molecule has 0 aliphatic rings. The molecule has 1 heterocycles. The van der Waals surface area contributed by atoms with Crippen molar-refractivity contribution in [2.45, 2.75) is 13.8 Å². The molecule has 2 N–H and O–H groups in total. The van der Waals surface area contributed by atoms with Crippen LogP contribution in [0.5, 0.6) is 0 Å². The maximum atomic E-state index is 13.0. The summed E-state index contributed by atoms with van der Waals surface area (Å²) in [6.45, 7) is 5.51. The Kier molecular flexibility index (Phi) is 5.03. The minimum absolute atomic E-state index is 0.209. The second-order valence-corrected chi connectivity index (χ2v) is 4.08. The van der Waals surface area contributed by atoms with E-state index in [9.17, 15) is 9.18 Å². The molecule has 1 unspecified atom stereocenters. The number of carbonyl (C=O) groups excluding carboxylic acids is 1. The zero-order valence-corrected chi connectivity index (χ0v) is 10.2. The van der Waals surface area contributed by atoms with Crippen LogP contribution in [-0.2, 0) is 0 Å². The third-order valence-corrected chi connectivity index (χ3v) is 2.56. The summed E-state index contributed by atoms with van der Waals surface area (Å²) in [6.07, 6.45) is 2.46. The fourth-order valence-electron chi connectivity index (χ4n) is 1.52. The van der Waals surface area contributed by atoms with Crippen LogP contribution < -0.4 is 5.73 Å². The SMILES string of the molecule is CCN(CC(C)CN)C(=O)c1cncc(F)c1. The third-order valence-electron chi connectivity index (χ3n) is 2.56. The fourth-order valence-corrected chi connectivity index (χ4v) is 1.52. The number of hydrogen-bond acceptors (Lipinski definition) is 3. The van der Waals surface area contributed by atoms with Crippen molar-refractivity contribution in [1.82, 2.24) is 9.88 Å². The highest BCUT2D eigenvalue weighted by Gasteiger charge is 2.16. The molecule has 0 radical (unpaired) electrons. The highest BCUT2D eigenvalue weighted by atomic mass is 19.1. The lowest BCUT2D eigenvalue weighted by Gasteiger charge is -2.23. The number of hydrogen-bond donors (Lipinski definition) is 1. The molecule has 0 aliphatic carbocycles. The highest BCUT2D eigenvalue weighted by molar-refractivity contribution is 5.93. The molecular formula is C12H18FN3O. The van der Waals surface area contributed by atoms with Crippen LogP contribution >= 0.6 is 0 Å². The van der Waals surface area contributed by atoms with Gasteiger partial charge in [0, 0.05) is 19.3 Å². The molecule has 0 saturated heterocycles. The van der Waals surface area contributed by atoms with E-state index >= 15 is 0 Å². The van der Waals surface area contributed by atoms with Crippen LogP contribution in [-0.4, -0.2) is 35.4 Å². The van der Waals surface area contributed by atoms with Crippen LogP contribution in [0.4, 0.5) is 4.39 Å². The number of aromatic nitrogens is 1. The molecule has 0 spiro atoms. The van der Waals surface area contributed by atoms with Crippen molar-refractivity contribution < 1.29 is 9.18 Å². The van der Waals surface area contributed by atoms with E-state index in [1.165, 1.54) is 12.3 Å². The van der Waals surface area contributed by atoms with Gasteiger partial charge < -0.3 is 10.6 Å². The number of carbonyl (C=O) groups is 1. The molecule has 4 nitrogen and oxygen atoms in total. The first-order chi connectivity index (χ1) is 8.08. The molecule has 1 amide bonds. The van der Waals surface area contributed by atoms with Gasteiger partial charge >= 0.3 is 0 Å². The predicted octanol–water partition coefficient (Wildman–Crippen LogP) is 1.28. The van der Waals surface area contributed by atoms with Gasteiger partial charge in [0.2, 0.25) is 0 Å². The number of nitrogens with two attached hydrogens (primary N) is 1. The number of pyridine rings is 1. The maximum absolute atomic E-state index is 13.0. The summed E-state index contributed by atoms with van der Waals surface area (Å²) in [5.41, 5.74) is 5.80. The molecular weight excluding hydrogens is 221 g/mol. The second kappa shape index (κ2) is 6.30. The zero-order valence-electron chi connectivity index (χ0n) is 10.2. The Morgan fingerprint density at radius 3 is 2.82 bits per heavy atom. The van der Waals surface area contributed by atoms with Crippen LogP contribution in [0.25, 0.3) is 0 Å². The van der Waals surface area contributed by atoms with Gasteiger partial charge in [0.1, 0.15) is 5.82 Å². The molecule has 1 aromatic rings. The van der Waals surface area contributed by atoms with Gasteiger partial charge in [0.25, 0.3) is 5.91 Å². The standard InChI is InChI=1S/C12H18FN3O/c1-3-16(8-9(2)5-14)12(17)10-4-11(13)7-15-6-10/h4,6-7,9H,3,5,8,14H2,1-2H3. The summed E-state index contributed by atoms with van der Waals surface area (Å²) in [5.74, 6) is -0.487. The predicted molar refractivity (Wildman–Crippen MR) is 64.0 cm³/mol. The summed E-state index contributed by atoms with van der Waals surface area (Å²) in [5, 5.41) is 0. The minimum atomic E-state index is -0.501. The summed E-state index contributed by atoms with van der Waals surface area (Å²) >= 11 is 0.